The molecule has 3 rings (SSSR count). The second-order valence-corrected chi connectivity index (χ2v) is 5.95. The Labute approximate surface area is 156 Å². The van der Waals surface area contributed by atoms with Gasteiger partial charge in [0.15, 0.2) is 29.1 Å². The maximum Gasteiger partial charge on any atom is 0.256 e. The quantitative estimate of drug-likeness (QED) is 0.394. The van der Waals surface area contributed by atoms with E-state index in [9.17, 15) is 26.7 Å². The van der Waals surface area contributed by atoms with Crippen LogP contribution in [0.2, 0.25) is 0 Å². The van der Waals surface area contributed by atoms with Crippen molar-refractivity contribution in [3.63, 3.8) is 0 Å². The number of aromatic nitrogens is 2. The number of hydrogen-bond donors (Lipinski definition) is 1. The fourth-order valence-electron chi connectivity index (χ4n) is 2.55. The highest BCUT2D eigenvalue weighted by molar-refractivity contribution is 6.03. The fraction of sp³-hybridized carbons (Fsp3) is 0.158. The number of amides is 1. The van der Waals surface area contributed by atoms with Gasteiger partial charge in [-0.15, -0.1) is 0 Å². The minimum atomic E-state index is -2.22. The van der Waals surface area contributed by atoms with Crippen LogP contribution in [0.15, 0.2) is 36.5 Å². The molecule has 1 amide bonds. The van der Waals surface area contributed by atoms with E-state index in [0.717, 1.165) is 16.7 Å². The van der Waals surface area contributed by atoms with Crippen LogP contribution in [-0.2, 0) is 13.0 Å². The first kappa shape index (κ1) is 19.5. The van der Waals surface area contributed by atoms with Crippen molar-refractivity contribution < 1.29 is 26.7 Å². The third kappa shape index (κ3) is 3.73. The molecule has 9 heteroatoms. The number of halogens is 5. The van der Waals surface area contributed by atoms with Crippen LogP contribution in [0.25, 0.3) is 0 Å². The summed E-state index contributed by atoms with van der Waals surface area (Å²) in [6.07, 6.45) is 2.07. The molecule has 2 aromatic carbocycles. The number of carbonyl (C=O) groups excluding carboxylic acids is 1. The van der Waals surface area contributed by atoms with E-state index in [1.54, 1.807) is 24.3 Å². The molecular weight excluding hydrogens is 381 g/mol. The van der Waals surface area contributed by atoms with Gasteiger partial charge in [0.05, 0.1) is 12.1 Å². The zero-order chi connectivity index (χ0) is 20.4. The Morgan fingerprint density at radius 1 is 0.929 bits per heavy atom. The summed E-state index contributed by atoms with van der Waals surface area (Å²) < 4.78 is 68.1. The normalized spacial score (nSPS) is 10.9. The number of benzene rings is 2. The van der Waals surface area contributed by atoms with Crippen LogP contribution in [0.3, 0.4) is 0 Å². The van der Waals surface area contributed by atoms with Gasteiger partial charge in [-0.3, -0.25) is 9.48 Å². The molecule has 0 atom stereocenters. The van der Waals surface area contributed by atoms with Gasteiger partial charge in [0, 0.05) is 17.8 Å². The van der Waals surface area contributed by atoms with E-state index in [-0.39, 0.29) is 5.82 Å². The lowest BCUT2D eigenvalue weighted by atomic mass is 10.1. The van der Waals surface area contributed by atoms with Crippen LogP contribution in [0.4, 0.5) is 27.8 Å². The number of rotatable bonds is 5. The predicted octanol–water partition coefficient (Wildman–Crippen LogP) is 4.44. The lowest BCUT2D eigenvalue weighted by Crippen LogP contribution is -2.14. The topological polar surface area (TPSA) is 46.9 Å². The average molecular weight is 395 g/mol. The highest BCUT2D eigenvalue weighted by Gasteiger charge is 2.25. The van der Waals surface area contributed by atoms with Gasteiger partial charge >= 0.3 is 0 Å². The summed E-state index contributed by atoms with van der Waals surface area (Å²) in [5, 5.41) is 6.38. The zero-order valence-corrected chi connectivity index (χ0v) is 14.6. The first-order chi connectivity index (χ1) is 13.3. The van der Waals surface area contributed by atoms with Gasteiger partial charge in [0.2, 0.25) is 5.82 Å². The largest absolute Gasteiger partial charge is 0.305 e. The lowest BCUT2D eigenvalue weighted by Gasteiger charge is -2.08. The molecule has 146 valence electrons. The molecule has 0 radical (unpaired) electrons. The Hall–Kier alpha value is -3.23. The third-order valence-electron chi connectivity index (χ3n) is 4.13. The number of hydrogen-bond acceptors (Lipinski definition) is 2. The number of carbonyl (C=O) groups is 1. The van der Waals surface area contributed by atoms with E-state index in [4.69, 9.17) is 0 Å². The maximum atomic E-state index is 13.8. The molecule has 1 aromatic heterocycles. The second-order valence-electron chi connectivity index (χ2n) is 5.95. The molecule has 0 saturated carbocycles. The van der Waals surface area contributed by atoms with Crippen molar-refractivity contribution in [1.29, 1.82) is 0 Å². The van der Waals surface area contributed by atoms with E-state index >= 15 is 0 Å². The van der Waals surface area contributed by atoms with Crippen LogP contribution in [0, 0.1) is 29.1 Å². The molecule has 1 N–H and O–H groups in total. The molecule has 0 spiro atoms. The summed E-state index contributed by atoms with van der Waals surface area (Å²) in [6, 6.07) is 8.22. The second kappa shape index (κ2) is 7.79. The molecular formula is C19H14F5N3O. The molecule has 0 saturated heterocycles. The minimum Gasteiger partial charge on any atom is -0.305 e. The molecule has 0 aliphatic heterocycles. The summed E-state index contributed by atoms with van der Waals surface area (Å²) in [4.78, 5) is 12.2. The van der Waals surface area contributed by atoms with Gasteiger partial charge < -0.3 is 5.32 Å². The van der Waals surface area contributed by atoms with E-state index < -0.39 is 47.1 Å². The fourth-order valence-corrected chi connectivity index (χ4v) is 2.55. The Bertz CT molecular complexity index is 1000. The molecule has 1 heterocycles. The molecule has 0 aliphatic carbocycles. The van der Waals surface area contributed by atoms with Crippen LogP contribution in [0.1, 0.15) is 28.4 Å². The maximum absolute atomic E-state index is 13.8. The molecule has 0 fully saturated rings. The van der Waals surface area contributed by atoms with Gasteiger partial charge in [-0.1, -0.05) is 19.1 Å². The van der Waals surface area contributed by atoms with Gasteiger partial charge in [0.1, 0.15) is 0 Å². The van der Waals surface area contributed by atoms with E-state index in [0.29, 0.717) is 5.56 Å². The molecule has 0 bridgehead atoms. The molecule has 0 unspecified atom stereocenters. The van der Waals surface area contributed by atoms with Gasteiger partial charge in [-0.2, -0.15) is 5.10 Å². The van der Waals surface area contributed by atoms with Crippen LogP contribution in [0.5, 0.6) is 0 Å². The van der Waals surface area contributed by atoms with Crippen molar-refractivity contribution in [3.05, 3.63) is 82.3 Å². The SMILES string of the molecule is CCc1ccc(C(=O)Nc2ccn(Cc3c(F)c(F)c(F)c(F)c3F)n2)cc1. The summed E-state index contributed by atoms with van der Waals surface area (Å²) in [5.41, 5.74) is 0.419. The number of aryl methyl sites for hydroxylation is 1. The Balaban J connectivity index is 1.77. The van der Waals surface area contributed by atoms with Crippen molar-refractivity contribution in [2.75, 3.05) is 5.32 Å². The average Bonchev–Trinajstić information content (AvgIpc) is 3.15. The molecule has 3 aromatic rings. The predicted molar refractivity (Wildman–Crippen MR) is 91.3 cm³/mol. The number of anilines is 1. The van der Waals surface area contributed by atoms with Gasteiger partial charge in [-0.05, 0) is 24.1 Å². The Morgan fingerprint density at radius 3 is 2.07 bits per heavy atom. The number of nitrogens with one attached hydrogen (secondary N) is 1. The standard InChI is InChI=1S/C19H14F5N3O/c1-2-10-3-5-11(6-4-10)19(28)25-13-7-8-27(26-13)9-12-14(20)16(22)18(24)17(23)15(12)21/h3-8H,2,9H2,1H3,(H,25,26,28). The summed E-state index contributed by atoms with van der Waals surface area (Å²) >= 11 is 0. The molecule has 28 heavy (non-hydrogen) atoms. The summed E-state index contributed by atoms with van der Waals surface area (Å²) in [6.45, 7) is 1.28. The first-order valence-electron chi connectivity index (χ1n) is 8.25. The minimum absolute atomic E-state index is 0.0634. The van der Waals surface area contributed by atoms with Crippen molar-refractivity contribution >= 4 is 11.7 Å². The monoisotopic (exact) mass is 395 g/mol. The van der Waals surface area contributed by atoms with E-state index in [2.05, 4.69) is 10.4 Å². The lowest BCUT2D eigenvalue weighted by molar-refractivity contribution is 0.102. The Morgan fingerprint density at radius 2 is 1.50 bits per heavy atom. The van der Waals surface area contributed by atoms with E-state index in [1.165, 1.54) is 12.3 Å². The summed E-state index contributed by atoms with van der Waals surface area (Å²) in [7, 11) is 0. The zero-order valence-electron chi connectivity index (χ0n) is 14.6. The van der Waals surface area contributed by atoms with Gasteiger partial charge in [0.25, 0.3) is 5.91 Å². The van der Waals surface area contributed by atoms with Gasteiger partial charge in [-0.25, -0.2) is 22.0 Å². The van der Waals surface area contributed by atoms with E-state index in [1.807, 2.05) is 6.92 Å². The van der Waals surface area contributed by atoms with Crippen molar-refractivity contribution in [1.82, 2.24) is 9.78 Å². The Kier molecular flexibility index (Phi) is 5.43. The van der Waals surface area contributed by atoms with Crippen molar-refractivity contribution in [3.8, 4) is 0 Å². The summed E-state index contributed by atoms with van der Waals surface area (Å²) in [5.74, 6) is -10.5. The highest BCUT2D eigenvalue weighted by atomic mass is 19.2. The smallest absolute Gasteiger partial charge is 0.256 e. The van der Waals surface area contributed by atoms with Crippen molar-refractivity contribution in [2.45, 2.75) is 19.9 Å². The highest BCUT2D eigenvalue weighted by Crippen LogP contribution is 2.23. The molecule has 4 nitrogen and oxygen atoms in total. The number of nitrogens with zero attached hydrogens (tertiary/aromatic N) is 2. The van der Waals surface area contributed by atoms with Crippen LogP contribution < -0.4 is 5.32 Å². The van der Waals surface area contributed by atoms with Crippen molar-refractivity contribution in [2.24, 2.45) is 0 Å². The first-order valence-corrected chi connectivity index (χ1v) is 8.25. The van der Waals surface area contributed by atoms with Crippen LogP contribution in [-0.4, -0.2) is 15.7 Å². The molecule has 0 aliphatic rings. The third-order valence-corrected chi connectivity index (χ3v) is 4.13. The van der Waals surface area contributed by atoms with Crippen LogP contribution >= 0.6 is 0 Å².